The van der Waals surface area contributed by atoms with Gasteiger partial charge in [-0.05, 0) is 143 Å². The summed E-state index contributed by atoms with van der Waals surface area (Å²) < 4.78 is 6.18. The largest absolute Gasteiger partial charge is 0.481 e. The van der Waals surface area contributed by atoms with Crippen LogP contribution in [0.4, 0.5) is 0 Å². The maximum atomic E-state index is 14.0. The number of rotatable bonds is 10. The molecule has 51 heavy (non-hydrogen) atoms. The van der Waals surface area contributed by atoms with Crippen molar-refractivity contribution in [2.45, 2.75) is 152 Å². The van der Waals surface area contributed by atoms with Crippen LogP contribution in [0.2, 0.25) is 0 Å². The van der Waals surface area contributed by atoms with Gasteiger partial charge >= 0.3 is 11.9 Å². The van der Waals surface area contributed by atoms with Gasteiger partial charge in [0.1, 0.15) is 6.10 Å². The highest BCUT2D eigenvalue weighted by Gasteiger charge is 2.70. The fourth-order valence-electron chi connectivity index (χ4n) is 13.1. The second-order valence-corrected chi connectivity index (χ2v) is 19.9. The standard InChI is InChI=1S/C44H66N2O5/c1-27(2)36-31(47)25-44(22-24-45-28(3)30-13-11-12-23-46-30)21-20-42(9)29(37(36)44)14-15-33-41(8)18-17-34(51-35(48)26-39(4,5)38(49)50)40(6,7)32(41)16-19-43(33,42)10/h11-13,23,27-29,32-34,45H,14-22,24-26H2,1-10H3,(H,49,50)/t28-,29+,32?,33?,34-,41-,42+,43+,44+/m0/s1. The Labute approximate surface area is 307 Å². The summed E-state index contributed by atoms with van der Waals surface area (Å²) in [6.07, 6.45) is 11.8. The molecule has 0 aliphatic heterocycles. The first-order valence-electron chi connectivity index (χ1n) is 20.1. The summed E-state index contributed by atoms with van der Waals surface area (Å²) in [7, 11) is 0. The van der Waals surface area contributed by atoms with Crippen LogP contribution in [0.1, 0.15) is 152 Å². The number of esters is 1. The molecule has 0 saturated heterocycles. The molecule has 4 saturated carbocycles. The summed E-state index contributed by atoms with van der Waals surface area (Å²) in [6, 6.07) is 6.25. The molecule has 7 heteroatoms. The Morgan fingerprint density at radius 1 is 0.961 bits per heavy atom. The highest BCUT2D eigenvalue weighted by atomic mass is 16.5. The monoisotopic (exact) mass is 702 g/mol. The molecule has 5 aliphatic carbocycles. The Hall–Kier alpha value is -2.54. The van der Waals surface area contributed by atoms with E-state index in [2.05, 4.69) is 71.8 Å². The van der Waals surface area contributed by atoms with Gasteiger partial charge in [0.15, 0.2) is 5.78 Å². The third-order valence-electron chi connectivity index (χ3n) is 16.1. The lowest BCUT2D eigenvalue weighted by Crippen LogP contribution is -2.65. The van der Waals surface area contributed by atoms with Crippen molar-refractivity contribution in [3.63, 3.8) is 0 Å². The topological polar surface area (TPSA) is 106 Å². The normalized spacial score (nSPS) is 38.0. The van der Waals surface area contributed by atoms with E-state index in [-0.39, 0.29) is 51.6 Å². The van der Waals surface area contributed by atoms with Crippen molar-refractivity contribution >= 4 is 17.7 Å². The average molecular weight is 703 g/mol. The van der Waals surface area contributed by atoms with Gasteiger partial charge in [-0.1, -0.05) is 60.1 Å². The Morgan fingerprint density at radius 2 is 1.69 bits per heavy atom. The third-order valence-corrected chi connectivity index (χ3v) is 16.1. The molecule has 4 fully saturated rings. The lowest BCUT2D eigenvalue weighted by atomic mass is 9.33. The molecule has 1 aromatic heterocycles. The molecule has 2 N–H and O–H groups in total. The van der Waals surface area contributed by atoms with Crippen molar-refractivity contribution in [2.24, 2.45) is 56.2 Å². The Morgan fingerprint density at radius 3 is 2.33 bits per heavy atom. The first-order valence-corrected chi connectivity index (χ1v) is 20.1. The number of carboxylic acids is 1. The fraction of sp³-hybridized carbons (Fsp3) is 0.773. The van der Waals surface area contributed by atoms with Gasteiger partial charge in [-0.2, -0.15) is 0 Å². The van der Waals surface area contributed by atoms with Crippen LogP contribution in [0.3, 0.4) is 0 Å². The molecular formula is C44H66N2O5. The highest BCUT2D eigenvalue weighted by Crippen LogP contribution is 2.77. The molecule has 1 heterocycles. The number of hydrogen-bond donors (Lipinski definition) is 2. The number of nitrogens with one attached hydrogen (secondary N) is 1. The zero-order valence-corrected chi connectivity index (χ0v) is 33.3. The number of carbonyl (C=O) groups is 3. The average Bonchev–Trinajstić information content (AvgIpc) is 3.35. The second-order valence-electron chi connectivity index (χ2n) is 19.9. The first-order chi connectivity index (χ1) is 23.7. The number of fused-ring (bicyclic) bond motifs is 7. The summed E-state index contributed by atoms with van der Waals surface area (Å²) in [5.41, 5.74) is 2.71. The smallest absolute Gasteiger partial charge is 0.309 e. The molecular weight excluding hydrogens is 636 g/mol. The molecule has 7 nitrogen and oxygen atoms in total. The van der Waals surface area contributed by atoms with Gasteiger partial charge in [-0.3, -0.25) is 19.4 Å². The second kappa shape index (κ2) is 13.1. The maximum Gasteiger partial charge on any atom is 0.309 e. The van der Waals surface area contributed by atoms with Gasteiger partial charge in [-0.15, -0.1) is 0 Å². The predicted octanol–water partition coefficient (Wildman–Crippen LogP) is 9.52. The van der Waals surface area contributed by atoms with E-state index in [1.807, 2.05) is 18.3 Å². The van der Waals surface area contributed by atoms with E-state index in [0.717, 1.165) is 69.2 Å². The minimum atomic E-state index is -1.15. The molecule has 0 amide bonds. The summed E-state index contributed by atoms with van der Waals surface area (Å²) in [5, 5.41) is 13.4. The van der Waals surface area contributed by atoms with Crippen LogP contribution >= 0.6 is 0 Å². The quantitative estimate of drug-likeness (QED) is 0.234. The Bertz CT molecular complexity index is 1560. The molecule has 0 aromatic carbocycles. The number of carbonyl (C=O) groups excluding carboxylic acids is 2. The van der Waals surface area contributed by atoms with Gasteiger partial charge in [0.25, 0.3) is 0 Å². The van der Waals surface area contributed by atoms with E-state index in [1.54, 1.807) is 13.8 Å². The van der Waals surface area contributed by atoms with Crippen LogP contribution in [-0.2, 0) is 19.1 Å². The van der Waals surface area contributed by atoms with Crippen molar-refractivity contribution in [2.75, 3.05) is 6.54 Å². The first kappa shape index (κ1) is 38.2. The van der Waals surface area contributed by atoms with Gasteiger partial charge < -0.3 is 15.2 Å². The van der Waals surface area contributed by atoms with Crippen LogP contribution in [0.5, 0.6) is 0 Å². The number of aliphatic carboxylic acids is 1. The molecule has 6 rings (SSSR count). The molecule has 5 aliphatic rings. The molecule has 0 bridgehead atoms. The molecule has 1 aromatic rings. The van der Waals surface area contributed by atoms with Crippen molar-refractivity contribution < 1.29 is 24.2 Å². The van der Waals surface area contributed by atoms with Crippen LogP contribution in [0.15, 0.2) is 35.5 Å². The molecule has 9 atom stereocenters. The molecule has 282 valence electrons. The summed E-state index contributed by atoms with van der Waals surface area (Å²) in [6.45, 7) is 23.1. The lowest BCUT2D eigenvalue weighted by Gasteiger charge is -2.72. The zero-order valence-electron chi connectivity index (χ0n) is 33.3. The molecule has 0 spiro atoms. The van der Waals surface area contributed by atoms with Crippen LogP contribution < -0.4 is 5.32 Å². The van der Waals surface area contributed by atoms with Crippen LogP contribution in [-0.4, -0.2) is 40.5 Å². The summed E-state index contributed by atoms with van der Waals surface area (Å²) in [4.78, 5) is 43.4. The number of pyridine rings is 1. The van der Waals surface area contributed by atoms with Crippen LogP contribution in [0, 0.1) is 56.2 Å². The van der Waals surface area contributed by atoms with Crippen molar-refractivity contribution in [1.29, 1.82) is 0 Å². The predicted molar refractivity (Wildman–Crippen MR) is 201 cm³/mol. The summed E-state index contributed by atoms with van der Waals surface area (Å²) in [5.74, 6) is 0.645. The Balaban J connectivity index is 1.25. The number of ketones is 1. The van der Waals surface area contributed by atoms with Crippen LogP contribution in [0.25, 0.3) is 0 Å². The van der Waals surface area contributed by atoms with E-state index < -0.39 is 17.4 Å². The SMILES string of the molecule is CC(C)C1=C2[C@H]3CCC4[C@@]5(C)CC[C@H](OC(=O)CC(C)(C)C(=O)O)C(C)(C)C5CC[C@@]4(C)[C@]3(C)CC[C@@]2(CCN[C@@H](C)c2ccccn2)CC1=O. The van der Waals surface area contributed by atoms with E-state index >= 15 is 0 Å². The van der Waals surface area contributed by atoms with Crippen molar-refractivity contribution in [3.05, 3.63) is 41.2 Å². The van der Waals surface area contributed by atoms with E-state index in [4.69, 9.17) is 4.74 Å². The number of allylic oxidation sites excluding steroid dienone is 2. The van der Waals surface area contributed by atoms with E-state index in [1.165, 1.54) is 12.0 Å². The number of hydrogen-bond acceptors (Lipinski definition) is 6. The van der Waals surface area contributed by atoms with Gasteiger partial charge in [0.2, 0.25) is 0 Å². The van der Waals surface area contributed by atoms with Gasteiger partial charge in [0, 0.05) is 29.5 Å². The zero-order chi connectivity index (χ0) is 37.4. The fourth-order valence-corrected chi connectivity index (χ4v) is 13.1. The molecule has 2 unspecified atom stereocenters. The van der Waals surface area contributed by atoms with Gasteiger partial charge in [-0.25, -0.2) is 0 Å². The number of carboxylic acid groups (broad SMARTS) is 1. The molecule has 0 radical (unpaired) electrons. The van der Waals surface area contributed by atoms with E-state index in [0.29, 0.717) is 30.0 Å². The lowest BCUT2D eigenvalue weighted by molar-refractivity contribution is -0.233. The summed E-state index contributed by atoms with van der Waals surface area (Å²) >= 11 is 0. The number of aromatic nitrogens is 1. The number of nitrogens with zero attached hydrogens (tertiary/aromatic N) is 1. The Kier molecular flexibility index (Phi) is 9.80. The minimum Gasteiger partial charge on any atom is -0.481 e. The third kappa shape index (κ3) is 6.04. The van der Waals surface area contributed by atoms with Crippen molar-refractivity contribution in [3.8, 4) is 0 Å². The number of ether oxygens (including phenoxy) is 1. The highest BCUT2D eigenvalue weighted by molar-refractivity contribution is 6.00. The van der Waals surface area contributed by atoms with Crippen molar-refractivity contribution in [1.82, 2.24) is 10.3 Å². The number of Topliss-reactive ketones (excluding diaryl/α,β-unsaturated/α-hetero) is 1. The van der Waals surface area contributed by atoms with E-state index in [9.17, 15) is 19.5 Å². The minimum absolute atomic E-state index is 0.0544. The van der Waals surface area contributed by atoms with Gasteiger partial charge in [0.05, 0.1) is 17.5 Å². The maximum absolute atomic E-state index is 14.0.